The van der Waals surface area contributed by atoms with Crippen LogP contribution in [0.5, 0.6) is 0 Å². The standard InChI is InChI=1S/C17H21N3O3S/c1-23-14-6-4-2-3-5-12(14)18-15(21)10-7-8-11-13(9-10)19-17(24)20-16(11)22/h7-9,12,14H,2-6H2,1H3,(H,18,21)(H2,19,20,22,24)/t12-,14+/m0/s1. The third-order valence-corrected chi connectivity index (χ3v) is 4.78. The lowest BCUT2D eigenvalue weighted by atomic mass is 10.0. The number of nitrogens with one attached hydrogen (secondary N) is 3. The number of carbonyl (C=O) groups excluding carboxylic acids is 1. The average molecular weight is 347 g/mol. The number of rotatable bonds is 3. The number of hydrogen-bond donors (Lipinski definition) is 3. The summed E-state index contributed by atoms with van der Waals surface area (Å²) in [5, 5.41) is 3.56. The maximum absolute atomic E-state index is 12.6. The van der Waals surface area contributed by atoms with E-state index in [1.54, 1.807) is 25.3 Å². The topological polar surface area (TPSA) is 87.0 Å². The normalized spacial score (nSPS) is 21.4. The Hall–Kier alpha value is -1.99. The van der Waals surface area contributed by atoms with Gasteiger partial charge in [0.25, 0.3) is 11.5 Å². The van der Waals surface area contributed by atoms with Gasteiger partial charge in [-0.3, -0.25) is 14.6 Å². The molecule has 1 aliphatic rings. The van der Waals surface area contributed by atoms with E-state index in [0.717, 1.165) is 25.7 Å². The molecular formula is C17H21N3O3S. The molecule has 1 aromatic heterocycles. The fraction of sp³-hybridized carbons (Fsp3) is 0.471. The summed E-state index contributed by atoms with van der Waals surface area (Å²) >= 11 is 4.98. The van der Waals surface area contributed by atoms with Gasteiger partial charge in [-0.05, 0) is 43.3 Å². The molecule has 0 spiro atoms. The summed E-state index contributed by atoms with van der Waals surface area (Å²) in [5.41, 5.74) is 0.794. The molecule has 0 radical (unpaired) electrons. The summed E-state index contributed by atoms with van der Waals surface area (Å²) < 4.78 is 5.79. The number of fused-ring (bicyclic) bond motifs is 1. The maximum Gasteiger partial charge on any atom is 0.259 e. The highest BCUT2D eigenvalue weighted by Crippen LogP contribution is 2.21. The van der Waals surface area contributed by atoms with Crippen LogP contribution in [0.25, 0.3) is 10.9 Å². The van der Waals surface area contributed by atoms with Gasteiger partial charge in [-0.1, -0.05) is 19.3 Å². The number of aromatic amines is 2. The first kappa shape index (κ1) is 16.9. The lowest BCUT2D eigenvalue weighted by Gasteiger charge is -2.25. The first-order valence-corrected chi connectivity index (χ1v) is 8.59. The van der Waals surface area contributed by atoms with E-state index in [2.05, 4.69) is 15.3 Å². The third-order valence-electron chi connectivity index (χ3n) is 4.57. The lowest BCUT2D eigenvalue weighted by molar-refractivity contribution is 0.0568. The molecule has 0 aliphatic heterocycles. The molecule has 1 aliphatic carbocycles. The zero-order valence-electron chi connectivity index (χ0n) is 13.6. The fourth-order valence-corrected chi connectivity index (χ4v) is 3.49. The Morgan fingerprint density at radius 2 is 2.04 bits per heavy atom. The second-order valence-electron chi connectivity index (χ2n) is 6.16. The molecule has 1 heterocycles. The molecule has 6 nitrogen and oxygen atoms in total. The Morgan fingerprint density at radius 3 is 2.83 bits per heavy atom. The van der Waals surface area contributed by atoms with Gasteiger partial charge < -0.3 is 15.0 Å². The van der Waals surface area contributed by atoms with E-state index in [1.165, 1.54) is 6.42 Å². The van der Waals surface area contributed by atoms with E-state index in [-0.39, 0.29) is 28.4 Å². The Labute approximate surface area is 144 Å². The molecule has 1 fully saturated rings. The minimum Gasteiger partial charge on any atom is -0.379 e. The summed E-state index contributed by atoms with van der Waals surface area (Å²) in [6.07, 6.45) is 5.31. The second kappa shape index (κ2) is 7.27. The van der Waals surface area contributed by atoms with Crippen LogP contribution in [0.3, 0.4) is 0 Å². The number of H-pyrrole nitrogens is 2. The minimum atomic E-state index is -0.260. The molecule has 7 heteroatoms. The molecule has 3 N–H and O–H groups in total. The van der Waals surface area contributed by atoms with Gasteiger partial charge >= 0.3 is 0 Å². The van der Waals surface area contributed by atoms with Crippen molar-refractivity contribution in [2.24, 2.45) is 0 Å². The molecule has 128 valence electrons. The molecule has 0 unspecified atom stereocenters. The number of benzene rings is 1. The molecule has 1 amide bonds. The van der Waals surface area contributed by atoms with Gasteiger partial charge in [0, 0.05) is 12.7 Å². The van der Waals surface area contributed by atoms with Gasteiger partial charge in [0.15, 0.2) is 4.77 Å². The van der Waals surface area contributed by atoms with E-state index in [0.29, 0.717) is 16.5 Å². The Bertz CT molecular complexity index is 858. The van der Waals surface area contributed by atoms with Crippen molar-refractivity contribution < 1.29 is 9.53 Å². The minimum absolute atomic E-state index is 0.0124. The van der Waals surface area contributed by atoms with Crippen molar-refractivity contribution in [1.29, 1.82) is 0 Å². The third kappa shape index (κ3) is 3.57. The predicted octanol–water partition coefficient (Wildman–Crippen LogP) is 2.66. The van der Waals surface area contributed by atoms with Crippen molar-refractivity contribution in [2.45, 2.75) is 44.2 Å². The molecule has 0 bridgehead atoms. The molecular weight excluding hydrogens is 326 g/mol. The molecule has 1 aromatic carbocycles. The van der Waals surface area contributed by atoms with Gasteiger partial charge in [0.2, 0.25) is 0 Å². The van der Waals surface area contributed by atoms with E-state index < -0.39 is 0 Å². The van der Waals surface area contributed by atoms with Crippen molar-refractivity contribution in [1.82, 2.24) is 15.3 Å². The van der Waals surface area contributed by atoms with Gasteiger partial charge in [0.05, 0.1) is 23.0 Å². The quantitative estimate of drug-likeness (QED) is 0.588. The van der Waals surface area contributed by atoms with E-state index >= 15 is 0 Å². The van der Waals surface area contributed by atoms with Gasteiger partial charge in [-0.25, -0.2) is 0 Å². The van der Waals surface area contributed by atoms with E-state index in [9.17, 15) is 9.59 Å². The zero-order chi connectivity index (χ0) is 17.1. The first-order valence-electron chi connectivity index (χ1n) is 8.18. The Morgan fingerprint density at radius 1 is 1.25 bits per heavy atom. The van der Waals surface area contributed by atoms with Crippen LogP contribution in [0.2, 0.25) is 0 Å². The largest absolute Gasteiger partial charge is 0.379 e. The highest BCUT2D eigenvalue weighted by molar-refractivity contribution is 7.71. The molecule has 2 atom stereocenters. The van der Waals surface area contributed by atoms with Crippen LogP contribution in [-0.2, 0) is 4.74 Å². The highest BCUT2D eigenvalue weighted by atomic mass is 32.1. The molecule has 3 rings (SSSR count). The summed E-state index contributed by atoms with van der Waals surface area (Å²) in [5.74, 6) is -0.162. The summed E-state index contributed by atoms with van der Waals surface area (Å²) in [4.78, 5) is 29.9. The summed E-state index contributed by atoms with van der Waals surface area (Å²) in [6, 6.07) is 4.96. The van der Waals surface area contributed by atoms with Crippen LogP contribution < -0.4 is 10.9 Å². The van der Waals surface area contributed by atoms with Crippen LogP contribution in [-0.4, -0.2) is 35.1 Å². The second-order valence-corrected chi connectivity index (χ2v) is 6.57. The van der Waals surface area contributed by atoms with E-state index in [1.807, 2.05) is 0 Å². The van der Waals surface area contributed by atoms with Crippen molar-refractivity contribution in [2.75, 3.05) is 7.11 Å². The first-order chi connectivity index (χ1) is 11.6. The van der Waals surface area contributed by atoms with Gasteiger partial charge in [-0.15, -0.1) is 0 Å². The van der Waals surface area contributed by atoms with Crippen LogP contribution in [0, 0.1) is 4.77 Å². The maximum atomic E-state index is 12.6. The smallest absolute Gasteiger partial charge is 0.259 e. The number of carbonyl (C=O) groups is 1. The molecule has 0 saturated heterocycles. The number of methoxy groups -OCH3 is 1. The summed E-state index contributed by atoms with van der Waals surface area (Å²) in [6.45, 7) is 0. The van der Waals surface area contributed by atoms with Gasteiger partial charge in [-0.2, -0.15) is 0 Å². The van der Waals surface area contributed by atoms with Gasteiger partial charge in [0.1, 0.15) is 0 Å². The zero-order valence-corrected chi connectivity index (χ0v) is 14.4. The molecule has 2 aromatic rings. The average Bonchev–Trinajstić information content (AvgIpc) is 2.79. The molecule has 1 saturated carbocycles. The van der Waals surface area contributed by atoms with Crippen LogP contribution in [0.15, 0.2) is 23.0 Å². The monoisotopic (exact) mass is 347 g/mol. The van der Waals surface area contributed by atoms with Crippen LogP contribution >= 0.6 is 12.2 Å². The van der Waals surface area contributed by atoms with Crippen LogP contribution in [0.1, 0.15) is 42.5 Å². The SMILES string of the molecule is CO[C@@H]1CCCCC[C@@H]1NC(=O)c1ccc2c(=O)[nH]c(=S)[nH]c2c1. The Balaban J connectivity index is 1.85. The highest BCUT2D eigenvalue weighted by Gasteiger charge is 2.25. The number of amides is 1. The van der Waals surface area contributed by atoms with Crippen molar-refractivity contribution in [3.05, 3.63) is 38.9 Å². The Kier molecular flexibility index (Phi) is 5.11. The molecule has 24 heavy (non-hydrogen) atoms. The fourth-order valence-electron chi connectivity index (χ4n) is 3.28. The van der Waals surface area contributed by atoms with Crippen LogP contribution in [0.4, 0.5) is 0 Å². The number of hydrogen-bond acceptors (Lipinski definition) is 4. The summed E-state index contributed by atoms with van der Waals surface area (Å²) in [7, 11) is 1.69. The van der Waals surface area contributed by atoms with Crippen molar-refractivity contribution >= 4 is 29.0 Å². The van der Waals surface area contributed by atoms with Crippen molar-refractivity contribution in [3.8, 4) is 0 Å². The van der Waals surface area contributed by atoms with E-state index in [4.69, 9.17) is 17.0 Å². The van der Waals surface area contributed by atoms with Crippen molar-refractivity contribution in [3.63, 3.8) is 0 Å². The lowest BCUT2D eigenvalue weighted by Crippen LogP contribution is -2.43. The predicted molar refractivity (Wildman–Crippen MR) is 94.9 cm³/mol. The number of ether oxygens (including phenoxy) is 1. The number of aromatic nitrogens is 2.